The first-order valence-corrected chi connectivity index (χ1v) is 8.75. The molecule has 2 rings (SSSR count). The van der Waals surface area contributed by atoms with Crippen LogP contribution in [0.3, 0.4) is 0 Å². The average molecular weight is 354 g/mol. The molecule has 0 radical (unpaired) electrons. The van der Waals surface area contributed by atoms with E-state index in [1.165, 1.54) is 0 Å². The Labute approximate surface area is 154 Å². The molecule has 4 N–H and O–H groups in total. The summed E-state index contributed by atoms with van der Waals surface area (Å²) in [5.41, 5.74) is 2.69. The van der Waals surface area contributed by atoms with E-state index in [1.54, 1.807) is 0 Å². The lowest BCUT2D eigenvalue weighted by atomic mass is 10.2. The smallest absolute Gasteiger partial charge is 0.319 e. The molecule has 0 aliphatic heterocycles. The van der Waals surface area contributed by atoms with Crippen LogP contribution in [0, 0.1) is 0 Å². The first-order chi connectivity index (χ1) is 12.5. The Morgan fingerprint density at radius 3 is 2.27 bits per heavy atom. The molecule has 26 heavy (non-hydrogen) atoms. The molecule has 0 saturated heterocycles. The van der Waals surface area contributed by atoms with E-state index in [1.807, 2.05) is 68.4 Å². The lowest BCUT2D eigenvalue weighted by Crippen LogP contribution is -2.34. The van der Waals surface area contributed by atoms with Crippen LogP contribution < -0.4 is 21.3 Å². The van der Waals surface area contributed by atoms with Crippen LogP contribution in [-0.4, -0.2) is 24.5 Å². The summed E-state index contributed by atoms with van der Waals surface area (Å²) >= 11 is 0. The molecule has 2 aromatic carbocycles. The van der Waals surface area contributed by atoms with Crippen molar-refractivity contribution in [2.45, 2.75) is 32.9 Å². The number of hydrogen-bond acceptors (Lipinski definition) is 3. The van der Waals surface area contributed by atoms with E-state index in [9.17, 15) is 9.59 Å². The summed E-state index contributed by atoms with van der Waals surface area (Å²) in [6.45, 7) is 4.85. The predicted molar refractivity (Wildman–Crippen MR) is 105 cm³/mol. The van der Waals surface area contributed by atoms with Crippen molar-refractivity contribution in [3.05, 3.63) is 60.2 Å². The highest BCUT2D eigenvalue weighted by Gasteiger charge is 2.04. The molecule has 3 amide bonds. The Kier molecular flexibility index (Phi) is 7.49. The number of rotatable bonds is 8. The van der Waals surface area contributed by atoms with Gasteiger partial charge in [-0.15, -0.1) is 0 Å². The van der Waals surface area contributed by atoms with Crippen molar-refractivity contribution in [3.8, 4) is 0 Å². The summed E-state index contributed by atoms with van der Waals surface area (Å²) in [5.74, 6) is -0.00746. The molecular formula is C20H26N4O2. The highest BCUT2D eigenvalue weighted by molar-refractivity contribution is 5.89. The van der Waals surface area contributed by atoms with Crippen LogP contribution >= 0.6 is 0 Å². The first kappa shape index (κ1) is 19.3. The zero-order valence-corrected chi connectivity index (χ0v) is 15.2. The second-order valence-electron chi connectivity index (χ2n) is 6.27. The van der Waals surface area contributed by atoms with Crippen LogP contribution in [0.2, 0.25) is 0 Å². The predicted octanol–water partition coefficient (Wildman–Crippen LogP) is 3.33. The van der Waals surface area contributed by atoms with Crippen LogP contribution in [0.25, 0.3) is 0 Å². The zero-order valence-electron chi connectivity index (χ0n) is 15.2. The van der Waals surface area contributed by atoms with Gasteiger partial charge in [0.25, 0.3) is 0 Å². The maximum Gasteiger partial charge on any atom is 0.319 e. The second-order valence-corrected chi connectivity index (χ2v) is 6.27. The van der Waals surface area contributed by atoms with Crippen molar-refractivity contribution in [1.29, 1.82) is 0 Å². The van der Waals surface area contributed by atoms with E-state index in [2.05, 4.69) is 21.3 Å². The van der Waals surface area contributed by atoms with Gasteiger partial charge in [0, 0.05) is 36.9 Å². The van der Waals surface area contributed by atoms with Crippen LogP contribution in [0.5, 0.6) is 0 Å². The van der Waals surface area contributed by atoms with Crippen LogP contribution in [0.15, 0.2) is 54.6 Å². The van der Waals surface area contributed by atoms with E-state index in [0.717, 1.165) is 11.3 Å². The minimum absolute atomic E-state index is 0.00746. The summed E-state index contributed by atoms with van der Waals surface area (Å²) in [7, 11) is 0. The Bertz CT molecular complexity index is 700. The molecule has 0 heterocycles. The molecule has 0 aliphatic rings. The molecule has 0 bridgehead atoms. The van der Waals surface area contributed by atoms with E-state index in [0.29, 0.717) is 25.2 Å². The van der Waals surface area contributed by atoms with Gasteiger partial charge in [-0.05, 0) is 43.7 Å². The maximum absolute atomic E-state index is 11.9. The van der Waals surface area contributed by atoms with Crippen LogP contribution in [0.1, 0.15) is 25.8 Å². The lowest BCUT2D eigenvalue weighted by Gasteiger charge is -2.11. The van der Waals surface area contributed by atoms with Crippen molar-refractivity contribution < 1.29 is 9.59 Å². The van der Waals surface area contributed by atoms with Gasteiger partial charge in [-0.3, -0.25) is 4.79 Å². The maximum atomic E-state index is 11.9. The largest absolute Gasteiger partial charge is 0.385 e. The van der Waals surface area contributed by atoms with Crippen LogP contribution in [0.4, 0.5) is 16.2 Å². The Morgan fingerprint density at radius 1 is 0.923 bits per heavy atom. The van der Waals surface area contributed by atoms with E-state index in [-0.39, 0.29) is 18.0 Å². The second kappa shape index (κ2) is 10.1. The lowest BCUT2D eigenvalue weighted by molar-refractivity contribution is -0.121. The number of carbonyl (C=O) groups is 2. The summed E-state index contributed by atoms with van der Waals surface area (Å²) in [4.78, 5) is 23.5. The third kappa shape index (κ3) is 7.25. The van der Waals surface area contributed by atoms with Crippen molar-refractivity contribution in [2.24, 2.45) is 0 Å². The first-order valence-electron chi connectivity index (χ1n) is 8.75. The summed E-state index contributed by atoms with van der Waals surface area (Å²) in [6, 6.07) is 17.0. The highest BCUT2D eigenvalue weighted by atomic mass is 16.2. The molecule has 0 atom stereocenters. The monoisotopic (exact) mass is 354 g/mol. The van der Waals surface area contributed by atoms with Crippen molar-refractivity contribution in [2.75, 3.05) is 17.2 Å². The average Bonchev–Trinajstić information content (AvgIpc) is 2.61. The van der Waals surface area contributed by atoms with Crippen molar-refractivity contribution in [3.63, 3.8) is 0 Å². The molecule has 138 valence electrons. The van der Waals surface area contributed by atoms with Gasteiger partial charge < -0.3 is 21.3 Å². The van der Waals surface area contributed by atoms with Gasteiger partial charge in [-0.2, -0.15) is 0 Å². The van der Waals surface area contributed by atoms with E-state index >= 15 is 0 Å². The van der Waals surface area contributed by atoms with Gasteiger partial charge in [0.1, 0.15) is 0 Å². The zero-order chi connectivity index (χ0) is 18.8. The Morgan fingerprint density at radius 2 is 1.62 bits per heavy atom. The third-order valence-corrected chi connectivity index (χ3v) is 3.58. The molecule has 0 unspecified atom stereocenters. The normalized spacial score (nSPS) is 10.3. The number of nitrogens with one attached hydrogen (secondary N) is 4. The SMILES string of the molecule is CC(C)NC(=O)Nc1ccc(CNC(=O)CCNc2ccccc2)cc1. The molecule has 0 aromatic heterocycles. The summed E-state index contributed by atoms with van der Waals surface area (Å²) < 4.78 is 0. The molecule has 6 heteroatoms. The fraction of sp³-hybridized carbons (Fsp3) is 0.300. The van der Waals surface area contributed by atoms with Gasteiger partial charge in [0.15, 0.2) is 0 Å². The number of carbonyl (C=O) groups excluding carboxylic acids is 2. The van der Waals surface area contributed by atoms with Crippen LogP contribution in [-0.2, 0) is 11.3 Å². The van der Waals surface area contributed by atoms with Gasteiger partial charge in [0.05, 0.1) is 0 Å². The molecule has 2 aromatic rings. The van der Waals surface area contributed by atoms with Gasteiger partial charge in [-0.25, -0.2) is 4.79 Å². The molecule has 0 fully saturated rings. The summed E-state index contributed by atoms with van der Waals surface area (Å²) in [6.07, 6.45) is 0.407. The van der Waals surface area contributed by atoms with Crippen molar-refractivity contribution in [1.82, 2.24) is 10.6 Å². The number of anilines is 2. The fourth-order valence-corrected chi connectivity index (χ4v) is 2.30. The Balaban J connectivity index is 1.68. The number of urea groups is 1. The molecule has 6 nitrogen and oxygen atoms in total. The quantitative estimate of drug-likeness (QED) is 0.587. The minimum atomic E-state index is -0.230. The molecular weight excluding hydrogens is 328 g/mol. The topological polar surface area (TPSA) is 82.3 Å². The molecule has 0 spiro atoms. The third-order valence-electron chi connectivity index (χ3n) is 3.58. The number of benzene rings is 2. The van der Waals surface area contributed by atoms with E-state index < -0.39 is 0 Å². The summed E-state index contributed by atoms with van der Waals surface area (Å²) in [5, 5.41) is 11.6. The van der Waals surface area contributed by atoms with Crippen molar-refractivity contribution >= 4 is 23.3 Å². The number of hydrogen-bond donors (Lipinski definition) is 4. The molecule has 0 saturated carbocycles. The Hall–Kier alpha value is -3.02. The fourth-order valence-electron chi connectivity index (χ4n) is 2.30. The highest BCUT2D eigenvalue weighted by Crippen LogP contribution is 2.09. The van der Waals surface area contributed by atoms with Gasteiger partial charge in [0.2, 0.25) is 5.91 Å². The van der Waals surface area contributed by atoms with Gasteiger partial charge in [-0.1, -0.05) is 30.3 Å². The molecule has 0 aliphatic carbocycles. The number of para-hydroxylation sites is 1. The van der Waals surface area contributed by atoms with E-state index in [4.69, 9.17) is 0 Å². The minimum Gasteiger partial charge on any atom is -0.385 e. The standard InChI is InChI=1S/C20H26N4O2/c1-15(2)23-20(26)24-18-10-8-16(9-11-18)14-22-19(25)12-13-21-17-6-4-3-5-7-17/h3-11,15,21H,12-14H2,1-2H3,(H,22,25)(H2,23,24,26). The number of amides is 3. The van der Waals surface area contributed by atoms with Gasteiger partial charge >= 0.3 is 6.03 Å².